The van der Waals surface area contributed by atoms with Crippen LogP contribution in [0.3, 0.4) is 0 Å². The lowest BCUT2D eigenvalue weighted by Gasteiger charge is -2.49. The molecule has 21 heavy (non-hydrogen) atoms. The third-order valence-electron chi connectivity index (χ3n) is 6.21. The van der Waals surface area contributed by atoms with Gasteiger partial charge in [-0.2, -0.15) is 0 Å². The average molecular weight is 296 g/mol. The number of rotatable bonds is 1. The SMILES string of the molecule is CC(=O)C1(C)COC(=O)CC23CC(=O)OC2(C)CCC13O. The van der Waals surface area contributed by atoms with Crippen molar-refractivity contribution in [3.05, 3.63) is 0 Å². The largest absolute Gasteiger partial charge is 0.464 e. The Labute approximate surface area is 122 Å². The van der Waals surface area contributed by atoms with Crippen LogP contribution in [0.5, 0.6) is 0 Å². The number of carbonyl (C=O) groups excluding carboxylic acids is 3. The Balaban J connectivity index is 2.25. The van der Waals surface area contributed by atoms with Crippen molar-refractivity contribution in [2.75, 3.05) is 6.61 Å². The van der Waals surface area contributed by atoms with Gasteiger partial charge in [-0.1, -0.05) is 0 Å². The quantitative estimate of drug-likeness (QED) is 0.718. The molecule has 0 aromatic heterocycles. The zero-order chi connectivity index (χ0) is 15.7. The molecule has 1 N–H and O–H groups in total. The summed E-state index contributed by atoms with van der Waals surface area (Å²) in [6.45, 7) is 4.58. The van der Waals surface area contributed by atoms with Gasteiger partial charge in [-0.25, -0.2) is 0 Å². The van der Waals surface area contributed by atoms with E-state index in [1.165, 1.54) is 6.92 Å². The predicted molar refractivity (Wildman–Crippen MR) is 70.1 cm³/mol. The van der Waals surface area contributed by atoms with Crippen molar-refractivity contribution in [2.24, 2.45) is 10.8 Å². The van der Waals surface area contributed by atoms with E-state index in [0.29, 0.717) is 12.8 Å². The van der Waals surface area contributed by atoms with Crippen LogP contribution in [0, 0.1) is 10.8 Å². The zero-order valence-corrected chi connectivity index (χ0v) is 12.5. The number of cyclic esters (lactones) is 1. The second-order valence-corrected chi connectivity index (χ2v) is 7.05. The highest BCUT2D eigenvalue weighted by Crippen LogP contribution is 2.68. The van der Waals surface area contributed by atoms with Crippen molar-refractivity contribution in [1.29, 1.82) is 0 Å². The molecule has 2 heterocycles. The number of esters is 2. The molecule has 0 aromatic rings. The highest BCUT2D eigenvalue weighted by atomic mass is 16.6. The van der Waals surface area contributed by atoms with E-state index >= 15 is 0 Å². The monoisotopic (exact) mass is 296 g/mol. The van der Waals surface area contributed by atoms with Crippen LogP contribution in [0.2, 0.25) is 0 Å². The smallest absolute Gasteiger partial charge is 0.307 e. The minimum absolute atomic E-state index is 0.0576. The summed E-state index contributed by atoms with van der Waals surface area (Å²) in [6.07, 6.45) is 0.585. The van der Waals surface area contributed by atoms with E-state index in [-0.39, 0.29) is 25.2 Å². The van der Waals surface area contributed by atoms with E-state index in [2.05, 4.69) is 0 Å². The van der Waals surface area contributed by atoms with Crippen molar-refractivity contribution in [1.82, 2.24) is 0 Å². The Morgan fingerprint density at radius 1 is 1.14 bits per heavy atom. The summed E-state index contributed by atoms with van der Waals surface area (Å²) >= 11 is 0. The van der Waals surface area contributed by atoms with Crippen LogP contribution >= 0.6 is 0 Å². The molecule has 0 amide bonds. The predicted octanol–water partition coefficient (Wildman–Crippen LogP) is 0.746. The Morgan fingerprint density at radius 3 is 2.38 bits per heavy atom. The molecule has 3 aliphatic rings. The molecule has 1 saturated carbocycles. The maximum absolute atomic E-state index is 12.2. The fourth-order valence-electron chi connectivity index (χ4n) is 4.59. The lowest BCUT2D eigenvalue weighted by atomic mass is 9.55. The molecule has 6 heteroatoms. The van der Waals surface area contributed by atoms with E-state index in [1.807, 2.05) is 0 Å². The fourth-order valence-corrected chi connectivity index (χ4v) is 4.59. The third kappa shape index (κ3) is 1.44. The summed E-state index contributed by atoms with van der Waals surface area (Å²) < 4.78 is 10.6. The van der Waals surface area contributed by atoms with Crippen LogP contribution in [0.15, 0.2) is 0 Å². The number of ether oxygens (including phenoxy) is 2. The molecule has 2 saturated heterocycles. The maximum atomic E-state index is 12.2. The molecule has 0 aromatic carbocycles. The van der Waals surface area contributed by atoms with Crippen LogP contribution in [-0.2, 0) is 23.9 Å². The van der Waals surface area contributed by atoms with Crippen LogP contribution < -0.4 is 0 Å². The first-order valence-corrected chi connectivity index (χ1v) is 7.21. The lowest BCUT2D eigenvalue weighted by molar-refractivity contribution is -0.182. The first kappa shape index (κ1) is 14.5. The van der Waals surface area contributed by atoms with Crippen LogP contribution in [0.25, 0.3) is 0 Å². The molecule has 3 rings (SSSR count). The molecule has 0 radical (unpaired) electrons. The van der Waals surface area contributed by atoms with Crippen LogP contribution in [0.1, 0.15) is 46.5 Å². The number of carbonyl (C=O) groups is 3. The number of Topliss-reactive ketones (excluding diaryl/α,β-unsaturated/α-hetero) is 1. The first-order chi connectivity index (χ1) is 9.60. The molecule has 3 fully saturated rings. The highest BCUT2D eigenvalue weighted by molar-refractivity contribution is 5.87. The molecular formula is C15H20O6. The molecule has 4 unspecified atom stereocenters. The van der Waals surface area contributed by atoms with E-state index in [1.54, 1.807) is 13.8 Å². The van der Waals surface area contributed by atoms with Crippen molar-refractivity contribution < 1.29 is 29.0 Å². The standard InChI is InChI=1S/C15H20O6/c1-9(16)12(2)8-20-10(17)6-14-7-11(18)21-13(14,3)4-5-15(12,14)19/h19H,4-8H2,1-3H3. The molecule has 116 valence electrons. The average Bonchev–Trinajstić information content (AvgIpc) is 2.71. The Morgan fingerprint density at radius 2 is 1.76 bits per heavy atom. The summed E-state index contributed by atoms with van der Waals surface area (Å²) in [5.74, 6) is -1.18. The van der Waals surface area contributed by atoms with Gasteiger partial charge >= 0.3 is 11.9 Å². The van der Waals surface area contributed by atoms with E-state index in [0.717, 1.165) is 0 Å². The molecule has 1 aliphatic carbocycles. The number of hydrogen-bond acceptors (Lipinski definition) is 6. The molecule has 2 aliphatic heterocycles. The number of ketones is 1. The second-order valence-electron chi connectivity index (χ2n) is 7.05. The normalized spacial score (nSPS) is 49.0. The van der Waals surface area contributed by atoms with Gasteiger partial charge in [0.25, 0.3) is 0 Å². The zero-order valence-electron chi connectivity index (χ0n) is 12.5. The van der Waals surface area contributed by atoms with Crippen molar-refractivity contribution >= 4 is 17.7 Å². The summed E-state index contributed by atoms with van der Waals surface area (Å²) in [5, 5.41) is 11.5. The van der Waals surface area contributed by atoms with Gasteiger partial charge in [0, 0.05) is 0 Å². The summed E-state index contributed by atoms with van der Waals surface area (Å²) in [4.78, 5) is 36.2. The first-order valence-electron chi connectivity index (χ1n) is 7.21. The molecule has 0 bridgehead atoms. The molecule has 4 atom stereocenters. The maximum Gasteiger partial charge on any atom is 0.307 e. The minimum Gasteiger partial charge on any atom is -0.464 e. The van der Waals surface area contributed by atoms with E-state index < -0.39 is 34.0 Å². The van der Waals surface area contributed by atoms with Gasteiger partial charge in [0.2, 0.25) is 0 Å². The van der Waals surface area contributed by atoms with Gasteiger partial charge in [-0.15, -0.1) is 0 Å². The van der Waals surface area contributed by atoms with Crippen LogP contribution in [0.4, 0.5) is 0 Å². The third-order valence-corrected chi connectivity index (χ3v) is 6.21. The minimum atomic E-state index is -1.49. The van der Waals surface area contributed by atoms with Crippen molar-refractivity contribution in [3.63, 3.8) is 0 Å². The fraction of sp³-hybridized carbons (Fsp3) is 0.800. The lowest BCUT2D eigenvalue weighted by Crippen LogP contribution is -2.62. The Kier molecular flexibility index (Phi) is 2.66. The Hall–Kier alpha value is -1.43. The molecule has 6 nitrogen and oxygen atoms in total. The summed E-state index contributed by atoms with van der Waals surface area (Å²) in [6, 6.07) is 0. The van der Waals surface area contributed by atoms with Crippen LogP contribution in [-0.4, -0.2) is 40.6 Å². The van der Waals surface area contributed by atoms with Gasteiger partial charge in [0.1, 0.15) is 18.0 Å². The summed E-state index contributed by atoms with van der Waals surface area (Å²) in [5.41, 5.74) is -4.74. The van der Waals surface area contributed by atoms with Gasteiger partial charge in [-0.3, -0.25) is 14.4 Å². The van der Waals surface area contributed by atoms with E-state index in [9.17, 15) is 19.5 Å². The summed E-state index contributed by atoms with van der Waals surface area (Å²) in [7, 11) is 0. The van der Waals surface area contributed by atoms with Gasteiger partial charge in [-0.05, 0) is 33.6 Å². The van der Waals surface area contributed by atoms with Crippen molar-refractivity contribution in [2.45, 2.75) is 57.7 Å². The second kappa shape index (κ2) is 3.85. The number of aliphatic hydroxyl groups is 1. The van der Waals surface area contributed by atoms with Gasteiger partial charge in [0.05, 0.1) is 29.3 Å². The Bertz CT molecular complexity index is 556. The molecular weight excluding hydrogens is 276 g/mol. The molecule has 1 spiro atoms. The van der Waals surface area contributed by atoms with Gasteiger partial charge in [0.15, 0.2) is 0 Å². The highest BCUT2D eigenvalue weighted by Gasteiger charge is 2.78. The van der Waals surface area contributed by atoms with Gasteiger partial charge < -0.3 is 14.6 Å². The van der Waals surface area contributed by atoms with E-state index in [4.69, 9.17) is 9.47 Å². The topological polar surface area (TPSA) is 89.9 Å². The number of hydrogen-bond donors (Lipinski definition) is 1. The van der Waals surface area contributed by atoms with Crippen molar-refractivity contribution in [3.8, 4) is 0 Å².